The minimum absolute atomic E-state index is 0.00201. The topological polar surface area (TPSA) is 82.0 Å². The summed E-state index contributed by atoms with van der Waals surface area (Å²) in [5, 5.41) is 15.6. The third-order valence-electron chi connectivity index (χ3n) is 5.27. The fourth-order valence-electron chi connectivity index (χ4n) is 3.54. The largest absolute Gasteiger partial charge is 0.508 e. The number of carbonyl (C=O) groups excluding carboxylic acids is 2. The van der Waals surface area contributed by atoms with Crippen molar-refractivity contribution in [2.45, 2.75) is 13.3 Å². The lowest BCUT2D eigenvalue weighted by atomic mass is 9.98. The van der Waals surface area contributed by atoms with Gasteiger partial charge >= 0.3 is 0 Å². The molecule has 168 valence electrons. The lowest BCUT2D eigenvalue weighted by Gasteiger charge is -2.20. The van der Waals surface area contributed by atoms with Gasteiger partial charge in [-0.05, 0) is 47.0 Å². The van der Waals surface area contributed by atoms with Gasteiger partial charge in [0.15, 0.2) is 0 Å². The van der Waals surface area contributed by atoms with Crippen molar-refractivity contribution in [1.82, 2.24) is 10.3 Å². The van der Waals surface area contributed by atoms with E-state index in [1.807, 2.05) is 36.4 Å². The Morgan fingerprint density at radius 2 is 1.73 bits per heavy atom. The number of hydrazone groups is 1. The summed E-state index contributed by atoms with van der Waals surface area (Å²) in [5.74, 6) is -0.236. The molecule has 0 radical (unpaired) electrons. The van der Waals surface area contributed by atoms with Crippen LogP contribution < -0.4 is 5.43 Å². The summed E-state index contributed by atoms with van der Waals surface area (Å²) in [6.07, 6.45) is 5.25. The lowest BCUT2D eigenvalue weighted by Crippen LogP contribution is -2.32. The maximum Gasteiger partial charge on any atom is 0.271 e. The minimum atomic E-state index is -0.370. The van der Waals surface area contributed by atoms with Crippen LogP contribution in [0.1, 0.15) is 27.0 Å². The van der Waals surface area contributed by atoms with Crippen LogP contribution in [0.25, 0.3) is 10.8 Å². The van der Waals surface area contributed by atoms with Crippen molar-refractivity contribution in [3.63, 3.8) is 0 Å². The Balaban J connectivity index is 1.80. The Morgan fingerprint density at radius 3 is 2.39 bits per heavy atom. The first-order valence-corrected chi connectivity index (χ1v) is 10.6. The average molecular weight is 442 g/mol. The quantitative estimate of drug-likeness (QED) is 0.294. The van der Waals surface area contributed by atoms with Crippen molar-refractivity contribution in [1.29, 1.82) is 0 Å². The van der Waals surface area contributed by atoms with E-state index in [2.05, 4.69) is 23.7 Å². The van der Waals surface area contributed by atoms with Crippen molar-refractivity contribution >= 4 is 28.8 Å². The van der Waals surface area contributed by atoms with E-state index in [0.29, 0.717) is 24.2 Å². The second-order valence-corrected chi connectivity index (χ2v) is 7.61. The zero-order valence-corrected chi connectivity index (χ0v) is 18.6. The van der Waals surface area contributed by atoms with Gasteiger partial charge in [-0.3, -0.25) is 9.59 Å². The molecule has 0 aliphatic rings. The molecule has 3 rings (SSSR count). The first-order valence-electron chi connectivity index (χ1n) is 10.6. The molecule has 0 aromatic heterocycles. The van der Waals surface area contributed by atoms with Gasteiger partial charge in [0, 0.05) is 24.2 Å². The summed E-state index contributed by atoms with van der Waals surface area (Å²) in [6.45, 7) is 10.1. The summed E-state index contributed by atoms with van der Waals surface area (Å²) in [5.41, 5.74) is 5.27. The Morgan fingerprint density at radius 1 is 1.03 bits per heavy atom. The van der Waals surface area contributed by atoms with E-state index in [0.717, 1.165) is 21.9 Å². The van der Waals surface area contributed by atoms with E-state index in [1.54, 1.807) is 36.3 Å². The number of amides is 2. The number of phenolic OH excluding ortho intramolecular Hbond substituents is 1. The average Bonchev–Trinajstić information content (AvgIpc) is 2.81. The van der Waals surface area contributed by atoms with Crippen molar-refractivity contribution in [3.05, 3.63) is 102 Å². The summed E-state index contributed by atoms with van der Waals surface area (Å²) in [7, 11) is 0. The minimum Gasteiger partial charge on any atom is -0.508 e. The van der Waals surface area contributed by atoms with Crippen molar-refractivity contribution in [2.75, 3.05) is 13.1 Å². The van der Waals surface area contributed by atoms with Gasteiger partial charge in [-0.15, -0.1) is 13.2 Å². The Hall–Kier alpha value is -4.19. The standard InChI is InChI=1S/C27H27N3O3/c1-4-14-30(15-5-2)26(32)17-20-10-11-22(24-9-7-6-8-23(20)24)18-28-29-27(33)21-12-13-25(31)19(3)16-21/h4-13,16,18,31H,1-2,14-15,17H2,3H3,(H,29,33)/b28-18+. The van der Waals surface area contributed by atoms with Gasteiger partial charge in [-0.1, -0.05) is 48.6 Å². The van der Waals surface area contributed by atoms with Gasteiger partial charge in [-0.25, -0.2) is 5.43 Å². The van der Waals surface area contributed by atoms with Gasteiger partial charge < -0.3 is 10.0 Å². The monoisotopic (exact) mass is 441 g/mol. The molecule has 0 aliphatic heterocycles. The first kappa shape index (κ1) is 23.5. The van der Waals surface area contributed by atoms with Gasteiger partial charge in [0.2, 0.25) is 5.91 Å². The molecule has 0 spiro atoms. The van der Waals surface area contributed by atoms with Gasteiger partial charge in [0.05, 0.1) is 12.6 Å². The van der Waals surface area contributed by atoms with Crippen LogP contribution in [0.3, 0.4) is 0 Å². The number of benzene rings is 3. The highest BCUT2D eigenvalue weighted by molar-refractivity contribution is 6.03. The predicted molar refractivity (Wildman–Crippen MR) is 133 cm³/mol. The predicted octanol–water partition coefficient (Wildman–Crippen LogP) is 4.36. The van der Waals surface area contributed by atoms with E-state index in [1.165, 1.54) is 12.1 Å². The summed E-state index contributed by atoms with van der Waals surface area (Å²) in [6, 6.07) is 16.2. The molecule has 0 unspecified atom stereocenters. The van der Waals surface area contributed by atoms with Gasteiger partial charge in [0.25, 0.3) is 5.91 Å². The van der Waals surface area contributed by atoms with Crippen molar-refractivity contribution in [3.8, 4) is 5.75 Å². The van der Waals surface area contributed by atoms with Crippen LogP contribution in [0.2, 0.25) is 0 Å². The first-order chi connectivity index (χ1) is 15.9. The fourth-order valence-corrected chi connectivity index (χ4v) is 3.54. The number of fused-ring (bicyclic) bond motifs is 1. The van der Waals surface area contributed by atoms with E-state index in [9.17, 15) is 14.7 Å². The zero-order chi connectivity index (χ0) is 23.8. The van der Waals surface area contributed by atoms with Crippen molar-refractivity contribution in [2.24, 2.45) is 5.10 Å². The number of hydrogen-bond acceptors (Lipinski definition) is 4. The Labute approximate surface area is 193 Å². The zero-order valence-electron chi connectivity index (χ0n) is 18.6. The molecule has 6 nitrogen and oxygen atoms in total. The molecule has 0 aliphatic carbocycles. The maximum absolute atomic E-state index is 12.8. The lowest BCUT2D eigenvalue weighted by molar-refractivity contribution is -0.129. The SMILES string of the molecule is C=CCN(CC=C)C(=O)Cc1ccc(/C=N/NC(=O)c2ccc(O)c(C)c2)c2ccccc12. The fraction of sp³-hybridized carbons (Fsp3) is 0.148. The van der Waals surface area contributed by atoms with Crippen molar-refractivity contribution < 1.29 is 14.7 Å². The number of carbonyl (C=O) groups is 2. The highest BCUT2D eigenvalue weighted by Gasteiger charge is 2.14. The van der Waals surface area contributed by atoms with Crippen LogP contribution in [-0.4, -0.2) is 41.1 Å². The second-order valence-electron chi connectivity index (χ2n) is 7.61. The summed E-state index contributed by atoms with van der Waals surface area (Å²) in [4.78, 5) is 26.8. The number of rotatable bonds is 9. The third kappa shape index (κ3) is 5.74. The number of nitrogens with zero attached hydrogens (tertiary/aromatic N) is 2. The van der Waals surface area contributed by atoms with Crippen LogP contribution in [0.5, 0.6) is 5.75 Å². The normalized spacial score (nSPS) is 10.8. The third-order valence-corrected chi connectivity index (χ3v) is 5.27. The highest BCUT2D eigenvalue weighted by Crippen LogP contribution is 2.23. The molecule has 3 aromatic carbocycles. The summed E-state index contributed by atoms with van der Waals surface area (Å²) >= 11 is 0. The molecule has 0 saturated carbocycles. The highest BCUT2D eigenvalue weighted by atomic mass is 16.3. The smallest absolute Gasteiger partial charge is 0.271 e. The molecule has 0 bridgehead atoms. The van der Waals surface area contributed by atoms with E-state index < -0.39 is 0 Å². The second kappa shape index (κ2) is 10.9. The Bertz CT molecular complexity index is 1220. The molecule has 2 N–H and O–H groups in total. The van der Waals surface area contributed by atoms with Gasteiger partial charge in [0.1, 0.15) is 5.75 Å². The van der Waals surface area contributed by atoms with Gasteiger partial charge in [-0.2, -0.15) is 5.10 Å². The molecule has 0 atom stereocenters. The number of aromatic hydroxyl groups is 1. The molecule has 3 aromatic rings. The Kier molecular flexibility index (Phi) is 7.76. The number of nitrogens with one attached hydrogen (secondary N) is 1. The number of hydrogen-bond donors (Lipinski definition) is 2. The van der Waals surface area contributed by atoms with E-state index in [4.69, 9.17) is 0 Å². The molecule has 0 fully saturated rings. The van der Waals surface area contributed by atoms with E-state index in [-0.39, 0.29) is 24.0 Å². The molecule has 6 heteroatoms. The molecular weight excluding hydrogens is 414 g/mol. The van der Waals surface area contributed by atoms with Crippen LogP contribution in [-0.2, 0) is 11.2 Å². The summed E-state index contributed by atoms with van der Waals surface area (Å²) < 4.78 is 0. The van der Waals surface area contributed by atoms with Crippen LogP contribution in [0, 0.1) is 6.92 Å². The molecule has 0 heterocycles. The molecular formula is C27H27N3O3. The maximum atomic E-state index is 12.8. The number of phenols is 1. The van der Waals surface area contributed by atoms with Crippen LogP contribution in [0.15, 0.2) is 85.0 Å². The van der Waals surface area contributed by atoms with Crippen LogP contribution >= 0.6 is 0 Å². The number of aryl methyl sites for hydroxylation is 1. The molecule has 2 amide bonds. The molecule has 33 heavy (non-hydrogen) atoms. The van der Waals surface area contributed by atoms with Crippen LogP contribution in [0.4, 0.5) is 0 Å². The molecule has 0 saturated heterocycles. The van der Waals surface area contributed by atoms with E-state index >= 15 is 0 Å².